The van der Waals surface area contributed by atoms with Crippen molar-refractivity contribution >= 4 is 37.2 Å². The molecule has 1 aliphatic heterocycles. The summed E-state index contributed by atoms with van der Waals surface area (Å²) < 4.78 is 11.9. The first kappa shape index (κ1) is 29.6. The van der Waals surface area contributed by atoms with Gasteiger partial charge in [0.25, 0.3) is 5.91 Å². The molecule has 0 bridgehead atoms. The molecular formula is C30H40N4O4SSi. The van der Waals surface area contributed by atoms with E-state index in [1.54, 1.807) is 35.5 Å². The molecule has 0 aliphatic carbocycles. The van der Waals surface area contributed by atoms with Crippen molar-refractivity contribution in [1.29, 1.82) is 0 Å². The van der Waals surface area contributed by atoms with Crippen molar-refractivity contribution in [2.75, 3.05) is 45.2 Å². The van der Waals surface area contributed by atoms with E-state index in [0.717, 1.165) is 34.6 Å². The Kier molecular flexibility index (Phi) is 9.86. The summed E-state index contributed by atoms with van der Waals surface area (Å²) in [5, 5.41) is 2.03. The summed E-state index contributed by atoms with van der Waals surface area (Å²) in [5.74, 6) is 1.47. The number of anilines is 1. The lowest BCUT2D eigenvalue weighted by Gasteiger charge is -2.23. The minimum Gasteiger partial charge on any atom is -0.485 e. The van der Waals surface area contributed by atoms with E-state index in [1.807, 2.05) is 58.6 Å². The number of carbonyl (C=O) groups is 2. The van der Waals surface area contributed by atoms with E-state index < -0.39 is 8.07 Å². The van der Waals surface area contributed by atoms with E-state index in [4.69, 9.17) is 9.47 Å². The Morgan fingerprint density at radius 2 is 1.90 bits per heavy atom. The van der Waals surface area contributed by atoms with Crippen LogP contribution in [0.1, 0.15) is 33.3 Å². The summed E-state index contributed by atoms with van der Waals surface area (Å²) in [6, 6.07) is 16.6. The maximum absolute atomic E-state index is 13.2. The number of ether oxygens (including phenoxy) is 2. The molecule has 2 aromatic heterocycles. The van der Waals surface area contributed by atoms with Crippen LogP contribution in [0.5, 0.6) is 5.75 Å². The van der Waals surface area contributed by atoms with Gasteiger partial charge in [0.15, 0.2) is 0 Å². The number of hydrogen-bond acceptors (Lipinski definition) is 7. The zero-order valence-electron chi connectivity index (χ0n) is 24.1. The summed E-state index contributed by atoms with van der Waals surface area (Å²) in [6.45, 7) is 9.66. The van der Waals surface area contributed by atoms with Crippen LogP contribution in [0.2, 0.25) is 25.7 Å². The molecule has 0 saturated heterocycles. The van der Waals surface area contributed by atoms with Crippen LogP contribution < -0.4 is 9.64 Å². The van der Waals surface area contributed by atoms with Crippen LogP contribution in [-0.4, -0.2) is 75.2 Å². The van der Waals surface area contributed by atoms with Gasteiger partial charge in [0.05, 0.1) is 12.2 Å². The van der Waals surface area contributed by atoms with Crippen LogP contribution in [-0.2, 0) is 11.3 Å². The fourth-order valence-electron chi connectivity index (χ4n) is 4.42. The van der Waals surface area contributed by atoms with Gasteiger partial charge < -0.3 is 24.2 Å². The SMILES string of the molecule is CN(CC[C@H](Oc1ccc(CN2CCN(C)c3ncccc3C2=O)cc1)c1cccs1)C(=O)OCC[Si](C)(C)C. The van der Waals surface area contributed by atoms with E-state index in [-0.39, 0.29) is 18.1 Å². The summed E-state index contributed by atoms with van der Waals surface area (Å²) in [6.07, 6.45) is 1.89. The van der Waals surface area contributed by atoms with Gasteiger partial charge in [0.1, 0.15) is 17.7 Å². The molecule has 0 fully saturated rings. The van der Waals surface area contributed by atoms with Gasteiger partial charge in [0, 0.05) is 65.8 Å². The molecule has 4 rings (SSSR count). The average Bonchev–Trinajstić information content (AvgIpc) is 3.44. The Hall–Kier alpha value is -3.37. The fraction of sp³-hybridized carbons (Fsp3) is 0.433. The number of benzene rings is 1. The van der Waals surface area contributed by atoms with Crippen LogP contribution in [0.25, 0.3) is 0 Å². The Balaban J connectivity index is 1.35. The molecule has 0 N–H and O–H groups in total. The van der Waals surface area contributed by atoms with Gasteiger partial charge >= 0.3 is 6.09 Å². The van der Waals surface area contributed by atoms with Crippen molar-refractivity contribution in [2.45, 2.75) is 44.8 Å². The average molecular weight is 581 g/mol. The third-order valence-electron chi connectivity index (χ3n) is 6.92. The molecule has 8 nitrogen and oxygen atoms in total. The standard InChI is InChI=1S/C30H40N4O4SSi/c1-32-17-18-34(29(35)25-8-6-15-31-28(25)32)22-23-10-12-24(13-11-23)38-26(27-9-7-20-39-27)14-16-33(2)30(36)37-19-21-40(3,4)5/h6-13,15,20,26H,14,16-19,21-22H2,1-5H3/t26-/m0/s1. The lowest BCUT2D eigenvalue weighted by molar-refractivity contribution is 0.0754. The van der Waals surface area contributed by atoms with Gasteiger partial charge in [-0.1, -0.05) is 37.8 Å². The lowest BCUT2D eigenvalue weighted by Crippen LogP contribution is -2.33. The van der Waals surface area contributed by atoms with Crippen molar-refractivity contribution in [2.24, 2.45) is 0 Å². The first-order valence-electron chi connectivity index (χ1n) is 13.7. The van der Waals surface area contributed by atoms with E-state index >= 15 is 0 Å². The van der Waals surface area contributed by atoms with Gasteiger partial charge in [-0.05, 0) is 47.3 Å². The normalized spacial score (nSPS) is 14.4. The second-order valence-electron chi connectivity index (χ2n) is 11.4. The van der Waals surface area contributed by atoms with Crippen molar-refractivity contribution in [3.63, 3.8) is 0 Å². The number of pyridine rings is 1. The smallest absolute Gasteiger partial charge is 0.409 e. The molecule has 0 radical (unpaired) electrons. The Bertz CT molecular complexity index is 1260. The first-order chi connectivity index (χ1) is 19.1. The van der Waals surface area contributed by atoms with Gasteiger partial charge in [0.2, 0.25) is 0 Å². The van der Waals surface area contributed by atoms with Gasteiger partial charge in [-0.3, -0.25) is 4.79 Å². The third-order valence-corrected chi connectivity index (χ3v) is 9.59. The summed E-state index contributed by atoms with van der Waals surface area (Å²) in [5.41, 5.74) is 1.66. The van der Waals surface area contributed by atoms with Gasteiger partial charge in [-0.25, -0.2) is 9.78 Å². The van der Waals surface area contributed by atoms with Crippen molar-refractivity contribution in [3.05, 3.63) is 76.1 Å². The quantitative estimate of drug-likeness (QED) is 0.253. The highest BCUT2D eigenvalue weighted by molar-refractivity contribution is 7.10. The summed E-state index contributed by atoms with van der Waals surface area (Å²) in [4.78, 5) is 36.7. The van der Waals surface area contributed by atoms with E-state index in [9.17, 15) is 9.59 Å². The molecule has 1 aliphatic rings. The second kappa shape index (κ2) is 13.3. The Morgan fingerprint density at radius 3 is 2.60 bits per heavy atom. The molecule has 40 heavy (non-hydrogen) atoms. The lowest BCUT2D eigenvalue weighted by atomic mass is 10.1. The number of amides is 2. The number of fused-ring (bicyclic) bond motifs is 1. The number of carbonyl (C=O) groups excluding carboxylic acids is 2. The van der Waals surface area contributed by atoms with Crippen LogP contribution in [0.4, 0.5) is 10.6 Å². The minimum absolute atomic E-state index is 0.00587. The minimum atomic E-state index is -1.25. The molecule has 10 heteroatoms. The molecular weight excluding hydrogens is 541 g/mol. The van der Waals surface area contributed by atoms with E-state index in [0.29, 0.717) is 38.2 Å². The molecule has 2 amide bonds. The van der Waals surface area contributed by atoms with Crippen LogP contribution in [0, 0.1) is 0 Å². The predicted octanol–water partition coefficient (Wildman–Crippen LogP) is 6.15. The summed E-state index contributed by atoms with van der Waals surface area (Å²) >= 11 is 1.64. The van der Waals surface area contributed by atoms with Crippen LogP contribution in [0.15, 0.2) is 60.1 Å². The highest BCUT2D eigenvalue weighted by atomic mass is 32.1. The highest BCUT2D eigenvalue weighted by Gasteiger charge is 2.26. The van der Waals surface area contributed by atoms with Crippen molar-refractivity contribution in [1.82, 2.24) is 14.8 Å². The van der Waals surface area contributed by atoms with Gasteiger partial charge in [-0.15, -0.1) is 11.3 Å². The third kappa shape index (κ3) is 8.08. The fourth-order valence-corrected chi connectivity index (χ4v) is 5.92. The number of likely N-dealkylation sites (N-methyl/N-ethyl adjacent to an activating group) is 1. The van der Waals surface area contributed by atoms with E-state index in [2.05, 4.69) is 30.7 Å². The van der Waals surface area contributed by atoms with Crippen LogP contribution in [0.3, 0.4) is 0 Å². The molecule has 214 valence electrons. The number of hydrogen-bond donors (Lipinski definition) is 0. The van der Waals surface area contributed by atoms with E-state index in [1.165, 1.54) is 0 Å². The van der Waals surface area contributed by atoms with Crippen molar-refractivity contribution < 1.29 is 19.1 Å². The van der Waals surface area contributed by atoms with Crippen LogP contribution >= 0.6 is 11.3 Å². The largest absolute Gasteiger partial charge is 0.485 e. The second-order valence-corrected chi connectivity index (χ2v) is 18.0. The number of thiophene rings is 1. The molecule has 1 aromatic carbocycles. The predicted molar refractivity (Wildman–Crippen MR) is 163 cm³/mol. The zero-order chi connectivity index (χ0) is 28.7. The first-order valence-corrected chi connectivity index (χ1v) is 18.3. The Labute approximate surface area is 242 Å². The topological polar surface area (TPSA) is 75.2 Å². The van der Waals surface area contributed by atoms with Crippen molar-refractivity contribution in [3.8, 4) is 5.75 Å². The molecule has 0 spiro atoms. The molecule has 0 saturated carbocycles. The maximum atomic E-state index is 13.2. The zero-order valence-corrected chi connectivity index (χ0v) is 25.9. The summed E-state index contributed by atoms with van der Waals surface area (Å²) in [7, 11) is 2.49. The number of rotatable bonds is 11. The maximum Gasteiger partial charge on any atom is 0.409 e. The number of nitrogens with zero attached hydrogens (tertiary/aromatic N) is 4. The molecule has 3 heterocycles. The molecule has 3 aromatic rings. The Morgan fingerprint density at radius 1 is 1.12 bits per heavy atom. The molecule has 1 atom stereocenters. The van der Waals surface area contributed by atoms with Gasteiger partial charge in [-0.2, -0.15) is 0 Å². The monoisotopic (exact) mass is 580 g/mol. The highest BCUT2D eigenvalue weighted by Crippen LogP contribution is 2.29. The molecule has 0 unspecified atom stereocenters. The number of aromatic nitrogens is 1.